The normalized spacial score (nSPS) is 26.4. The zero-order chi connectivity index (χ0) is 26.8. The number of amides is 1. The predicted molar refractivity (Wildman–Crippen MR) is 134 cm³/mol. The van der Waals surface area contributed by atoms with Crippen molar-refractivity contribution in [3.8, 4) is 6.07 Å². The fraction of sp³-hybridized carbons (Fsp3) is 0.654. The number of nitrogens with zero attached hydrogens (tertiary/aromatic N) is 3. The highest BCUT2D eigenvalue weighted by Gasteiger charge is 2.52. The van der Waals surface area contributed by atoms with E-state index < -0.39 is 28.7 Å². The summed E-state index contributed by atoms with van der Waals surface area (Å²) in [6, 6.07) is 4.77. The van der Waals surface area contributed by atoms with Gasteiger partial charge >= 0.3 is 6.18 Å². The highest BCUT2D eigenvalue weighted by Crippen LogP contribution is 2.40. The molecule has 3 fully saturated rings. The lowest BCUT2D eigenvalue weighted by Gasteiger charge is -2.40. The molecule has 1 aromatic rings. The lowest BCUT2D eigenvalue weighted by molar-refractivity contribution is -0.172. The summed E-state index contributed by atoms with van der Waals surface area (Å²) in [5.41, 5.74) is -2.60. The highest BCUT2D eigenvalue weighted by molar-refractivity contribution is 7.80. The van der Waals surface area contributed by atoms with Crippen LogP contribution >= 0.6 is 12.2 Å². The minimum atomic E-state index is -4.73. The topological polar surface area (TPSA) is 75.0 Å². The SMILES string of the molecule is CC1(C)C(=O)N(c2ccc(C#N)c(C(F)(F)F)c2)C(=S)N1C1CCC(OCCOC2CCCCO2)CC1. The van der Waals surface area contributed by atoms with Crippen molar-refractivity contribution < 1.29 is 32.2 Å². The van der Waals surface area contributed by atoms with Gasteiger partial charge in [0.25, 0.3) is 5.91 Å². The van der Waals surface area contributed by atoms with Crippen LogP contribution in [0.2, 0.25) is 0 Å². The Balaban J connectivity index is 1.38. The first kappa shape index (κ1) is 27.8. The summed E-state index contributed by atoms with van der Waals surface area (Å²) in [7, 11) is 0. The Kier molecular flexibility index (Phi) is 8.43. The van der Waals surface area contributed by atoms with Gasteiger partial charge in [-0.2, -0.15) is 18.4 Å². The average Bonchev–Trinajstić information content (AvgIpc) is 3.05. The van der Waals surface area contributed by atoms with Crippen molar-refractivity contribution in [3.63, 3.8) is 0 Å². The molecule has 2 heterocycles. The van der Waals surface area contributed by atoms with Crippen LogP contribution in [-0.4, -0.2) is 59.7 Å². The molecule has 0 bridgehead atoms. The molecule has 37 heavy (non-hydrogen) atoms. The van der Waals surface area contributed by atoms with Crippen LogP contribution in [0, 0.1) is 11.3 Å². The molecule has 11 heteroatoms. The van der Waals surface area contributed by atoms with Gasteiger partial charge < -0.3 is 19.1 Å². The first-order valence-corrected chi connectivity index (χ1v) is 13.1. The molecule has 0 aromatic heterocycles. The zero-order valence-electron chi connectivity index (χ0n) is 21.1. The van der Waals surface area contributed by atoms with Gasteiger partial charge in [0.2, 0.25) is 0 Å². The predicted octanol–water partition coefficient (Wildman–Crippen LogP) is 5.16. The Morgan fingerprint density at radius 2 is 1.84 bits per heavy atom. The molecule has 2 saturated heterocycles. The quantitative estimate of drug-likeness (QED) is 0.350. The summed E-state index contributed by atoms with van der Waals surface area (Å²) in [5, 5.41) is 9.28. The minimum absolute atomic E-state index is 0.0101. The van der Waals surface area contributed by atoms with E-state index >= 15 is 0 Å². The fourth-order valence-corrected chi connectivity index (χ4v) is 5.93. The Hall–Kier alpha value is -2.26. The molecule has 0 N–H and O–H groups in total. The molecule has 7 nitrogen and oxygen atoms in total. The Labute approximate surface area is 220 Å². The van der Waals surface area contributed by atoms with Crippen molar-refractivity contribution in [3.05, 3.63) is 29.3 Å². The fourth-order valence-electron chi connectivity index (χ4n) is 5.36. The van der Waals surface area contributed by atoms with Gasteiger partial charge in [0.15, 0.2) is 11.4 Å². The van der Waals surface area contributed by atoms with Crippen LogP contribution in [0.3, 0.4) is 0 Å². The molecular formula is C26H32F3N3O4S. The van der Waals surface area contributed by atoms with E-state index in [0.717, 1.165) is 63.7 Å². The second-order valence-corrected chi connectivity index (χ2v) is 10.5. The Morgan fingerprint density at radius 1 is 1.14 bits per heavy atom. The third kappa shape index (κ3) is 5.93. The molecule has 0 radical (unpaired) electrons. The van der Waals surface area contributed by atoms with Crippen LogP contribution in [-0.2, 0) is 25.2 Å². The van der Waals surface area contributed by atoms with Gasteiger partial charge in [0, 0.05) is 12.6 Å². The number of hydrogen-bond donors (Lipinski definition) is 0. The summed E-state index contributed by atoms with van der Waals surface area (Å²) in [5.74, 6) is -0.393. The monoisotopic (exact) mass is 539 g/mol. The largest absolute Gasteiger partial charge is 0.417 e. The van der Waals surface area contributed by atoms with Crippen molar-refractivity contribution in [1.82, 2.24) is 4.90 Å². The number of halogens is 3. The van der Waals surface area contributed by atoms with E-state index in [1.807, 2.05) is 4.90 Å². The molecule has 0 spiro atoms. The maximum Gasteiger partial charge on any atom is 0.417 e. The lowest BCUT2D eigenvalue weighted by Crippen LogP contribution is -2.51. The van der Waals surface area contributed by atoms with Crippen LogP contribution < -0.4 is 4.90 Å². The van der Waals surface area contributed by atoms with Crippen LogP contribution in [0.25, 0.3) is 0 Å². The van der Waals surface area contributed by atoms with E-state index in [-0.39, 0.29) is 29.2 Å². The summed E-state index contributed by atoms with van der Waals surface area (Å²) < 4.78 is 57.9. The molecule has 1 saturated carbocycles. The number of ether oxygens (including phenoxy) is 3. The Morgan fingerprint density at radius 3 is 2.46 bits per heavy atom. The van der Waals surface area contributed by atoms with E-state index in [9.17, 15) is 18.0 Å². The van der Waals surface area contributed by atoms with Crippen molar-refractivity contribution in [1.29, 1.82) is 5.26 Å². The number of alkyl halides is 3. The van der Waals surface area contributed by atoms with Crippen LogP contribution in [0.15, 0.2) is 18.2 Å². The van der Waals surface area contributed by atoms with Gasteiger partial charge in [0.1, 0.15) is 5.54 Å². The number of hydrogen-bond acceptors (Lipinski definition) is 6. The number of carbonyl (C=O) groups excluding carboxylic acids is 1. The summed E-state index contributed by atoms with van der Waals surface area (Å²) in [6.45, 7) is 5.17. The third-order valence-corrected chi connectivity index (χ3v) is 7.68. The number of nitriles is 1. The van der Waals surface area contributed by atoms with E-state index in [1.54, 1.807) is 19.9 Å². The van der Waals surface area contributed by atoms with Gasteiger partial charge in [-0.05, 0) is 89.2 Å². The van der Waals surface area contributed by atoms with Crippen LogP contribution in [0.5, 0.6) is 0 Å². The molecule has 4 rings (SSSR count). The van der Waals surface area contributed by atoms with Gasteiger partial charge in [0.05, 0.1) is 42.2 Å². The number of anilines is 1. The van der Waals surface area contributed by atoms with Gasteiger partial charge in [-0.15, -0.1) is 0 Å². The highest BCUT2D eigenvalue weighted by atomic mass is 32.1. The molecule has 1 atom stereocenters. The number of carbonyl (C=O) groups is 1. The molecule has 1 unspecified atom stereocenters. The maximum absolute atomic E-state index is 13.5. The first-order valence-electron chi connectivity index (χ1n) is 12.7. The first-order chi connectivity index (χ1) is 17.5. The average molecular weight is 540 g/mol. The van der Waals surface area contributed by atoms with Crippen molar-refractivity contribution in [2.45, 2.75) is 88.9 Å². The molecule has 1 aromatic carbocycles. The van der Waals surface area contributed by atoms with Gasteiger partial charge in [-0.1, -0.05) is 0 Å². The van der Waals surface area contributed by atoms with E-state index in [2.05, 4.69) is 0 Å². The van der Waals surface area contributed by atoms with Crippen LogP contribution in [0.4, 0.5) is 18.9 Å². The maximum atomic E-state index is 13.5. The number of thiocarbonyl (C=S) groups is 1. The second-order valence-electron chi connectivity index (χ2n) is 10.2. The van der Waals surface area contributed by atoms with E-state index in [1.165, 1.54) is 11.0 Å². The standard InChI is InChI=1S/C26H32F3N3O4S/c1-25(2)23(33)31(19-7-6-17(16-30)21(15-19)26(27,28)29)24(37)32(25)18-8-10-20(11-9-18)34-13-14-36-22-5-3-4-12-35-22/h6-7,15,18,20,22H,3-5,8-14H2,1-2H3. The summed E-state index contributed by atoms with van der Waals surface area (Å²) in [6.07, 6.45) is 1.33. The van der Waals surface area contributed by atoms with E-state index in [4.69, 9.17) is 31.7 Å². The number of rotatable bonds is 7. The molecular weight excluding hydrogens is 507 g/mol. The van der Waals surface area contributed by atoms with Crippen LogP contribution in [0.1, 0.15) is 69.9 Å². The summed E-state index contributed by atoms with van der Waals surface area (Å²) in [4.78, 5) is 16.4. The van der Waals surface area contributed by atoms with Crippen molar-refractivity contribution in [2.75, 3.05) is 24.7 Å². The minimum Gasteiger partial charge on any atom is -0.376 e. The smallest absolute Gasteiger partial charge is 0.376 e. The van der Waals surface area contributed by atoms with Crippen molar-refractivity contribution >= 4 is 28.9 Å². The molecule has 1 amide bonds. The second kappa shape index (κ2) is 11.2. The third-order valence-electron chi connectivity index (χ3n) is 7.30. The molecule has 1 aliphatic carbocycles. The molecule has 202 valence electrons. The van der Waals surface area contributed by atoms with Gasteiger partial charge in [-0.3, -0.25) is 9.69 Å². The van der Waals surface area contributed by atoms with Crippen molar-refractivity contribution in [2.24, 2.45) is 0 Å². The zero-order valence-corrected chi connectivity index (χ0v) is 21.9. The Bertz CT molecular complexity index is 1040. The van der Waals surface area contributed by atoms with E-state index in [0.29, 0.717) is 13.2 Å². The number of benzene rings is 1. The lowest BCUT2D eigenvalue weighted by atomic mass is 9.89. The molecule has 3 aliphatic rings. The van der Waals surface area contributed by atoms with Gasteiger partial charge in [-0.25, -0.2) is 0 Å². The molecule has 2 aliphatic heterocycles. The summed E-state index contributed by atoms with van der Waals surface area (Å²) >= 11 is 5.65.